The lowest BCUT2D eigenvalue weighted by Crippen LogP contribution is -2.19. The van der Waals surface area contributed by atoms with E-state index in [0.29, 0.717) is 16.7 Å². The molecule has 1 N–H and O–H groups in total. The van der Waals surface area contributed by atoms with Gasteiger partial charge in [0.1, 0.15) is 5.82 Å². The van der Waals surface area contributed by atoms with Crippen LogP contribution in [0.1, 0.15) is 38.0 Å². The van der Waals surface area contributed by atoms with Gasteiger partial charge in [-0.3, -0.25) is 0 Å². The van der Waals surface area contributed by atoms with Gasteiger partial charge in [-0.1, -0.05) is 67.4 Å². The summed E-state index contributed by atoms with van der Waals surface area (Å²) in [6, 6.07) is 12.1. The molecule has 150 valence electrons. The number of para-hydroxylation sites is 1. The number of fused-ring (bicyclic) bond motifs is 3. The maximum absolute atomic E-state index is 14.6. The molecule has 0 amide bonds. The van der Waals surface area contributed by atoms with E-state index in [1.165, 1.54) is 17.8 Å². The molecule has 8 heteroatoms. The summed E-state index contributed by atoms with van der Waals surface area (Å²) in [4.78, 5) is 4.57. The van der Waals surface area contributed by atoms with E-state index in [1.54, 1.807) is 12.1 Å². The van der Waals surface area contributed by atoms with Crippen molar-refractivity contribution in [2.45, 2.75) is 37.6 Å². The van der Waals surface area contributed by atoms with Crippen LogP contribution >= 0.6 is 23.4 Å². The van der Waals surface area contributed by atoms with Gasteiger partial charge in [0, 0.05) is 17.0 Å². The highest BCUT2D eigenvalue weighted by molar-refractivity contribution is 7.99. The second-order valence-electron chi connectivity index (χ2n) is 6.63. The van der Waals surface area contributed by atoms with E-state index in [1.807, 2.05) is 24.3 Å². The summed E-state index contributed by atoms with van der Waals surface area (Å²) < 4.78 is 20.7. The molecule has 0 saturated carbocycles. The maximum Gasteiger partial charge on any atom is 0.247 e. The Morgan fingerprint density at radius 1 is 1.14 bits per heavy atom. The average molecular weight is 431 g/mol. The minimum Gasteiger partial charge on any atom is -0.448 e. The van der Waals surface area contributed by atoms with Crippen molar-refractivity contribution in [1.29, 1.82) is 0 Å². The number of unbranched alkanes of at least 4 members (excludes halogenated alkanes) is 2. The zero-order valence-corrected chi connectivity index (χ0v) is 17.4. The highest BCUT2D eigenvalue weighted by atomic mass is 35.5. The molecule has 1 aromatic heterocycles. The van der Waals surface area contributed by atoms with Crippen LogP contribution in [0.5, 0.6) is 5.88 Å². The molecule has 2 aromatic carbocycles. The molecule has 0 radical (unpaired) electrons. The van der Waals surface area contributed by atoms with Crippen molar-refractivity contribution >= 4 is 29.1 Å². The van der Waals surface area contributed by atoms with Crippen molar-refractivity contribution in [1.82, 2.24) is 15.2 Å². The minimum absolute atomic E-state index is 0.229. The van der Waals surface area contributed by atoms with Crippen LogP contribution in [0.2, 0.25) is 5.02 Å². The molecule has 0 spiro atoms. The van der Waals surface area contributed by atoms with Crippen molar-refractivity contribution in [2.75, 3.05) is 11.1 Å². The average Bonchev–Trinajstić information content (AvgIpc) is 2.87. The van der Waals surface area contributed by atoms with Crippen LogP contribution in [-0.4, -0.2) is 20.9 Å². The first-order chi connectivity index (χ1) is 14.2. The second-order valence-corrected chi connectivity index (χ2v) is 8.10. The van der Waals surface area contributed by atoms with Crippen LogP contribution in [0.3, 0.4) is 0 Å². The molecule has 4 rings (SSSR count). The molecular formula is C21H20ClFN4OS. The molecule has 5 nitrogen and oxygen atoms in total. The van der Waals surface area contributed by atoms with Crippen molar-refractivity contribution in [2.24, 2.45) is 0 Å². The van der Waals surface area contributed by atoms with Crippen molar-refractivity contribution in [3.8, 4) is 17.1 Å². The summed E-state index contributed by atoms with van der Waals surface area (Å²) in [5.41, 5.74) is 2.28. The van der Waals surface area contributed by atoms with E-state index in [0.717, 1.165) is 36.3 Å². The predicted molar refractivity (Wildman–Crippen MR) is 114 cm³/mol. The predicted octanol–water partition coefficient (Wildman–Crippen LogP) is 6.12. The van der Waals surface area contributed by atoms with E-state index in [4.69, 9.17) is 16.3 Å². The molecule has 2 heterocycles. The lowest BCUT2D eigenvalue weighted by molar-refractivity contribution is 0.220. The Bertz CT molecular complexity index is 999. The second kappa shape index (κ2) is 8.97. The molecule has 0 bridgehead atoms. The first kappa shape index (κ1) is 19.9. The van der Waals surface area contributed by atoms with Crippen LogP contribution in [0.4, 0.5) is 10.1 Å². The minimum atomic E-state index is -0.847. The monoisotopic (exact) mass is 430 g/mol. The molecule has 1 aliphatic rings. The topological polar surface area (TPSA) is 59.9 Å². The highest BCUT2D eigenvalue weighted by Gasteiger charge is 2.29. The Kier molecular flexibility index (Phi) is 6.16. The maximum atomic E-state index is 14.6. The van der Waals surface area contributed by atoms with Gasteiger partial charge >= 0.3 is 0 Å². The summed E-state index contributed by atoms with van der Waals surface area (Å²) in [5.74, 6) is 0.762. The molecule has 1 atom stereocenters. The van der Waals surface area contributed by atoms with Gasteiger partial charge in [0.2, 0.25) is 17.3 Å². The van der Waals surface area contributed by atoms with Crippen LogP contribution in [0.25, 0.3) is 11.3 Å². The lowest BCUT2D eigenvalue weighted by atomic mass is 10.1. The zero-order valence-electron chi connectivity index (χ0n) is 15.9. The van der Waals surface area contributed by atoms with Gasteiger partial charge in [0.05, 0.1) is 10.6 Å². The first-order valence-electron chi connectivity index (χ1n) is 9.51. The largest absolute Gasteiger partial charge is 0.448 e. The Labute approximate surface area is 178 Å². The number of hydrogen-bond acceptors (Lipinski definition) is 6. The fraction of sp³-hybridized carbons (Fsp3) is 0.286. The third kappa shape index (κ3) is 4.31. The number of aromatic nitrogens is 3. The van der Waals surface area contributed by atoms with E-state index < -0.39 is 12.0 Å². The highest BCUT2D eigenvalue weighted by Crippen LogP contribution is 2.41. The molecule has 0 fully saturated rings. The molecule has 1 aliphatic heterocycles. The Hall–Kier alpha value is -2.38. The van der Waals surface area contributed by atoms with Crippen molar-refractivity contribution in [3.05, 3.63) is 58.9 Å². The van der Waals surface area contributed by atoms with Crippen LogP contribution in [0, 0.1) is 5.82 Å². The standard InChI is InChI=1S/C21H20ClFN4OS/c1-2-3-6-12-29-21-25-20-18(26-27-21)13-8-4-5-11-16(13)24-19(28-20)17-14(22)9-7-10-15(17)23/h4-5,7-11,19,24H,2-3,6,12H2,1H3/t19-/m0/s1. The van der Waals surface area contributed by atoms with Gasteiger partial charge < -0.3 is 10.1 Å². The molecule has 0 aliphatic carbocycles. The van der Waals surface area contributed by atoms with E-state index >= 15 is 0 Å². The molecular weight excluding hydrogens is 411 g/mol. The van der Waals surface area contributed by atoms with E-state index in [9.17, 15) is 4.39 Å². The van der Waals surface area contributed by atoms with Gasteiger partial charge in [-0.15, -0.1) is 10.2 Å². The Morgan fingerprint density at radius 2 is 2.00 bits per heavy atom. The molecule has 29 heavy (non-hydrogen) atoms. The third-order valence-electron chi connectivity index (χ3n) is 4.57. The number of ether oxygens (including phenoxy) is 1. The summed E-state index contributed by atoms with van der Waals surface area (Å²) >= 11 is 7.83. The van der Waals surface area contributed by atoms with Gasteiger partial charge in [-0.2, -0.15) is 4.98 Å². The van der Waals surface area contributed by atoms with Crippen LogP contribution in [0.15, 0.2) is 47.6 Å². The number of hydrogen-bond donors (Lipinski definition) is 1. The zero-order chi connectivity index (χ0) is 20.2. The quantitative estimate of drug-likeness (QED) is 0.375. The van der Waals surface area contributed by atoms with E-state index in [2.05, 4.69) is 27.4 Å². The van der Waals surface area contributed by atoms with E-state index in [-0.39, 0.29) is 10.6 Å². The van der Waals surface area contributed by atoms with Gasteiger partial charge in [-0.05, 0) is 24.6 Å². The summed E-state index contributed by atoms with van der Waals surface area (Å²) in [7, 11) is 0. The Balaban J connectivity index is 1.73. The first-order valence-corrected chi connectivity index (χ1v) is 10.9. The SMILES string of the molecule is CCCCCSc1nnc2c(n1)O[C@@H](c1c(F)cccc1Cl)Nc1ccccc1-2. The lowest BCUT2D eigenvalue weighted by Gasteiger charge is -2.20. The van der Waals surface area contributed by atoms with Crippen molar-refractivity contribution < 1.29 is 9.13 Å². The van der Waals surface area contributed by atoms with Gasteiger partial charge in [0.15, 0.2) is 5.69 Å². The Morgan fingerprint density at radius 3 is 2.83 bits per heavy atom. The fourth-order valence-electron chi connectivity index (χ4n) is 3.12. The number of nitrogens with one attached hydrogen (secondary N) is 1. The number of anilines is 1. The van der Waals surface area contributed by atoms with Crippen LogP contribution < -0.4 is 10.1 Å². The number of rotatable bonds is 6. The van der Waals surface area contributed by atoms with Gasteiger partial charge in [-0.25, -0.2) is 4.39 Å². The molecule has 3 aromatic rings. The third-order valence-corrected chi connectivity index (χ3v) is 5.83. The summed E-state index contributed by atoms with van der Waals surface area (Å²) in [5, 5.41) is 12.7. The van der Waals surface area contributed by atoms with Crippen LogP contribution in [-0.2, 0) is 0 Å². The number of thioether (sulfide) groups is 1. The van der Waals surface area contributed by atoms with Gasteiger partial charge in [0.25, 0.3) is 0 Å². The normalized spacial score (nSPS) is 14.9. The fourth-order valence-corrected chi connectivity index (χ4v) is 4.15. The molecule has 0 unspecified atom stereocenters. The number of nitrogens with zero attached hydrogens (tertiary/aromatic N) is 3. The number of halogens is 2. The molecule has 0 saturated heterocycles. The summed E-state index contributed by atoms with van der Waals surface area (Å²) in [6.45, 7) is 2.16. The summed E-state index contributed by atoms with van der Waals surface area (Å²) in [6.07, 6.45) is 2.55. The van der Waals surface area contributed by atoms with Crippen molar-refractivity contribution in [3.63, 3.8) is 0 Å². The smallest absolute Gasteiger partial charge is 0.247 e. The number of benzene rings is 2.